The Kier molecular flexibility index (Phi) is 22.5. The van der Waals surface area contributed by atoms with Crippen molar-refractivity contribution in [2.45, 2.75) is 229 Å². The van der Waals surface area contributed by atoms with Crippen LogP contribution >= 0.6 is 0 Å². The molecule has 0 aliphatic carbocycles. The Hall–Kier alpha value is -6.52. The molecule has 0 fully saturated rings. The number of hydrogen-bond donors (Lipinski definition) is 0. The molecular weight excluding hydrogens is 1040 g/mol. The molecule has 0 spiro atoms. The Balaban J connectivity index is 0.000000625. The molecule has 4 aromatic heterocycles. The molecule has 4 nitrogen and oxygen atoms in total. The van der Waals surface area contributed by atoms with Crippen LogP contribution in [0.25, 0.3) is 45.0 Å². The average molecular weight is 1170 g/mol. The number of benzene rings is 4. The normalized spacial score (nSPS) is 13.4. The van der Waals surface area contributed by atoms with Crippen LogP contribution < -0.4 is 18.3 Å². The molecule has 0 saturated carbocycles. The maximum Gasteiger partial charge on any atom is 0.212 e. The summed E-state index contributed by atoms with van der Waals surface area (Å²) < 4.78 is 76.5. The minimum absolute atomic E-state index is 0. The lowest BCUT2D eigenvalue weighted by atomic mass is 9.75. The average Bonchev–Trinajstić information content (AvgIpc) is 0.788. The molecule has 0 radical (unpaired) electrons. The van der Waals surface area contributed by atoms with Gasteiger partial charge in [0.2, 0.25) is 22.8 Å². The highest BCUT2D eigenvalue weighted by atomic mass is 14.9. The van der Waals surface area contributed by atoms with Gasteiger partial charge in [-0.05, 0) is 165 Å². The Morgan fingerprint density at radius 1 is 0.326 bits per heavy atom. The van der Waals surface area contributed by atoms with Crippen LogP contribution in [-0.2, 0) is 55.3 Å². The number of rotatable bonds is 7. The molecule has 0 N–H and O–H groups in total. The zero-order valence-corrected chi connectivity index (χ0v) is 55.0. The predicted octanol–water partition coefficient (Wildman–Crippen LogP) is 21.0. The van der Waals surface area contributed by atoms with Gasteiger partial charge in [0.15, 0.2) is 24.8 Å². The van der Waals surface area contributed by atoms with Crippen LogP contribution in [0.1, 0.15) is 231 Å². The molecule has 0 aliphatic heterocycles. The van der Waals surface area contributed by atoms with Crippen LogP contribution in [0.3, 0.4) is 0 Å². The molecule has 4 heteroatoms. The maximum absolute atomic E-state index is 7.55. The highest BCUT2D eigenvalue weighted by Crippen LogP contribution is 2.36. The van der Waals surface area contributed by atoms with E-state index >= 15 is 0 Å². The van der Waals surface area contributed by atoms with Gasteiger partial charge in [-0.3, -0.25) is 0 Å². The van der Waals surface area contributed by atoms with Crippen LogP contribution in [0.2, 0.25) is 0 Å². The van der Waals surface area contributed by atoms with Crippen molar-refractivity contribution in [2.75, 3.05) is 0 Å². The summed E-state index contributed by atoms with van der Waals surface area (Å²) in [6.45, 7) is 37.8. The van der Waals surface area contributed by atoms with Crippen molar-refractivity contribution in [2.24, 2.45) is 28.2 Å². The molecule has 0 unspecified atom stereocenters. The molecular formula is C82H124N4+4. The zero-order chi connectivity index (χ0) is 69.1. The van der Waals surface area contributed by atoms with Gasteiger partial charge in [0, 0.05) is 81.1 Å². The second-order valence-corrected chi connectivity index (χ2v) is 27.5. The van der Waals surface area contributed by atoms with Gasteiger partial charge < -0.3 is 0 Å². The summed E-state index contributed by atoms with van der Waals surface area (Å²) in [5, 5.41) is 0. The molecule has 8 aromatic rings. The maximum atomic E-state index is 7.55. The Morgan fingerprint density at radius 3 is 1.03 bits per heavy atom. The highest BCUT2D eigenvalue weighted by molar-refractivity contribution is 5.65. The first-order chi connectivity index (χ1) is 41.5. The van der Waals surface area contributed by atoms with Crippen molar-refractivity contribution in [3.05, 3.63) is 212 Å². The van der Waals surface area contributed by atoms with E-state index in [0.29, 0.717) is 16.7 Å². The molecule has 4 heterocycles. The lowest BCUT2D eigenvalue weighted by Gasteiger charge is -2.29. The summed E-state index contributed by atoms with van der Waals surface area (Å²) in [6, 6.07) is 38.0. The SMILES string of the molecule is C.C.C.C.Cc1ccccc1-c1cc(C(C)(C)C)c(C(C)(C)C)c[n+]1C.[2H]C([2H])([2H])c1ccc(-c2cc(C)c(C(C)(C)C)c[n+]2C)c(C)c1.[2H]C([2H])([2H])c1ccc(-c2ccc(C(C)(C)C)c[n+]2C)c(C)c1.[2H]C([2H])([2H])c1ccc(-c2ccc(C(C)(CC)CC)c[n+]2C)c(C)c1. The summed E-state index contributed by atoms with van der Waals surface area (Å²) in [6.07, 6.45) is 11.1. The molecule has 0 aliphatic rings. The van der Waals surface area contributed by atoms with Crippen LogP contribution in [0.5, 0.6) is 0 Å². The summed E-state index contributed by atoms with van der Waals surface area (Å²) in [5.74, 6) is 0. The monoisotopic (exact) mass is 1170 g/mol. The topological polar surface area (TPSA) is 15.5 Å². The van der Waals surface area contributed by atoms with Crippen molar-refractivity contribution in [3.8, 4) is 45.0 Å². The smallest absolute Gasteiger partial charge is 0.201 e. The van der Waals surface area contributed by atoms with Gasteiger partial charge in [0.05, 0.1) is 0 Å². The van der Waals surface area contributed by atoms with E-state index in [9.17, 15) is 0 Å². The first-order valence-electron chi connectivity index (χ1n) is 34.0. The summed E-state index contributed by atoms with van der Waals surface area (Å²) in [7, 11) is 8.29. The van der Waals surface area contributed by atoms with Crippen LogP contribution in [0.4, 0.5) is 0 Å². The third kappa shape index (κ3) is 19.2. The standard InChI is InChI=1S/C21H30N.C20H28N.C19H26N.C18H24N.4CH4/c1-15-11-9-10-12-16(15)19-13-17(20(2,3)4)18(14-22(19)8)21(5,6)7;1-7-20(5,8-2)17-10-12-19(21(6)14-17)18-11-9-15(3)13-16(18)4;1-13-8-9-16(14(2)10-13)18-11-15(3)17(12-20(18)7)19(4,5)6;1-13-7-9-16(14(2)11-13)17-10-8-15(12-19(17)6)18(3,4)5;;;;/h9-14H,1-8H3;9-14H,7-8H2,1-6H3;8-12H,1-7H3;7-12H,1-6H3;4*1H4/q4*+1;;;;/i;3D3;2*1D3;;;;. The second kappa shape index (κ2) is 30.9. The quantitative estimate of drug-likeness (QED) is 0.141. The molecule has 8 rings (SSSR count). The van der Waals surface area contributed by atoms with Crippen LogP contribution in [0.15, 0.2) is 140 Å². The van der Waals surface area contributed by atoms with E-state index in [0.717, 1.165) is 63.3 Å². The van der Waals surface area contributed by atoms with Crippen molar-refractivity contribution in [1.82, 2.24) is 0 Å². The summed E-state index contributed by atoms with van der Waals surface area (Å²) in [4.78, 5) is 0. The van der Waals surface area contributed by atoms with Gasteiger partial charge >= 0.3 is 0 Å². The fourth-order valence-electron chi connectivity index (χ4n) is 10.9. The second-order valence-electron chi connectivity index (χ2n) is 27.5. The molecule has 0 bridgehead atoms. The van der Waals surface area contributed by atoms with Gasteiger partial charge in [-0.1, -0.05) is 205 Å². The van der Waals surface area contributed by atoms with Gasteiger partial charge in [-0.2, -0.15) is 0 Å². The molecule has 86 heavy (non-hydrogen) atoms. The van der Waals surface area contributed by atoms with Crippen molar-refractivity contribution in [1.29, 1.82) is 0 Å². The Morgan fingerprint density at radius 2 is 0.674 bits per heavy atom. The van der Waals surface area contributed by atoms with E-state index in [1.54, 1.807) is 36.4 Å². The first kappa shape index (κ1) is 62.5. The Bertz CT molecular complexity index is 3790. The lowest BCUT2D eigenvalue weighted by molar-refractivity contribution is -0.661. The van der Waals surface area contributed by atoms with Gasteiger partial charge in [-0.25, -0.2) is 18.3 Å². The molecule has 0 atom stereocenters. The number of aryl methyl sites for hydroxylation is 12. The van der Waals surface area contributed by atoms with Gasteiger partial charge in [0.25, 0.3) is 0 Å². The molecule has 0 saturated heterocycles. The first-order valence-corrected chi connectivity index (χ1v) is 29.5. The van der Waals surface area contributed by atoms with E-state index < -0.39 is 20.6 Å². The van der Waals surface area contributed by atoms with Crippen LogP contribution in [0, 0.1) is 55.2 Å². The van der Waals surface area contributed by atoms with Crippen LogP contribution in [-0.4, -0.2) is 0 Å². The number of pyridine rings is 4. The lowest BCUT2D eigenvalue weighted by Crippen LogP contribution is -2.36. The summed E-state index contributed by atoms with van der Waals surface area (Å²) in [5.41, 5.74) is 23.3. The van der Waals surface area contributed by atoms with E-state index in [2.05, 4.69) is 236 Å². The zero-order valence-electron chi connectivity index (χ0n) is 64.0. The largest absolute Gasteiger partial charge is 0.212 e. The number of aromatic nitrogens is 4. The van der Waals surface area contributed by atoms with E-state index in [4.69, 9.17) is 12.3 Å². The van der Waals surface area contributed by atoms with Gasteiger partial charge in [0.1, 0.15) is 28.2 Å². The van der Waals surface area contributed by atoms with E-state index in [1.807, 2.05) is 53.1 Å². The summed E-state index contributed by atoms with van der Waals surface area (Å²) >= 11 is 0. The molecule has 468 valence electrons. The third-order valence-corrected chi connectivity index (χ3v) is 16.5. The molecule has 0 amide bonds. The number of nitrogens with zero attached hydrogens (tertiary/aromatic N) is 4. The van der Waals surface area contributed by atoms with Crippen molar-refractivity contribution < 1.29 is 30.6 Å². The van der Waals surface area contributed by atoms with E-state index in [1.165, 1.54) is 50.2 Å². The predicted molar refractivity (Wildman–Crippen MR) is 380 cm³/mol. The highest BCUT2D eigenvalue weighted by Gasteiger charge is 2.31. The van der Waals surface area contributed by atoms with Gasteiger partial charge in [-0.15, -0.1) is 0 Å². The third-order valence-electron chi connectivity index (χ3n) is 16.5. The van der Waals surface area contributed by atoms with E-state index in [-0.39, 0.29) is 56.8 Å². The minimum atomic E-state index is -2.06. The fourth-order valence-corrected chi connectivity index (χ4v) is 10.9. The Labute approximate surface area is 542 Å². The molecule has 4 aromatic carbocycles. The van der Waals surface area contributed by atoms with Crippen molar-refractivity contribution >= 4 is 0 Å². The number of hydrogen-bond acceptors (Lipinski definition) is 0. The van der Waals surface area contributed by atoms with Crippen molar-refractivity contribution in [3.63, 3.8) is 0 Å². The minimum Gasteiger partial charge on any atom is -0.201 e. The fraction of sp³-hybridized carbons (Fsp3) is 0.463.